The van der Waals surface area contributed by atoms with E-state index in [0.717, 1.165) is 12.0 Å². The van der Waals surface area contributed by atoms with Crippen molar-refractivity contribution in [3.63, 3.8) is 0 Å². The van der Waals surface area contributed by atoms with Crippen LogP contribution in [0.3, 0.4) is 0 Å². The van der Waals surface area contributed by atoms with E-state index in [1.807, 2.05) is 13.8 Å². The minimum Gasteiger partial charge on any atom is -0.465 e. The molecule has 110 valence electrons. The molecule has 0 heterocycles. The van der Waals surface area contributed by atoms with Gasteiger partial charge in [-0.15, -0.1) is 0 Å². The second kappa shape index (κ2) is 7.65. The summed E-state index contributed by atoms with van der Waals surface area (Å²) in [5.41, 5.74) is 1.95. The number of esters is 1. The Morgan fingerprint density at radius 1 is 1.35 bits per heavy atom. The number of carbonyl (C=O) groups excluding carboxylic acids is 2. The van der Waals surface area contributed by atoms with Crippen LogP contribution in [-0.4, -0.2) is 31.6 Å². The normalized spacial score (nSPS) is 11.8. The molecule has 0 aliphatic heterocycles. The summed E-state index contributed by atoms with van der Waals surface area (Å²) < 4.78 is 4.67. The van der Waals surface area contributed by atoms with Gasteiger partial charge in [-0.2, -0.15) is 0 Å². The fourth-order valence-electron chi connectivity index (χ4n) is 1.61. The quantitative estimate of drug-likeness (QED) is 0.782. The second-order valence-corrected chi connectivity index (χ2v) is 4.76. The van der Waals surface area contributed by atoms with E-state index in [4.69, 9.17) is 0 Å². The molecule has 1 aromatic rings. The predicted octanol–water partition coefficient (Wildman–Crippen LogP) is 2.11. The number of carbonyl (C=O) groups is 2. The van der Waals surface area contributed by atoms with E-state index in [9.17, 15) is 9.59 Å². The Morgan fingerprint density at radius 2 is 2.05 bits per heavy atom. The first-order chi connectivity index (χ1) is 9.47. The molecule has 5 heteroatoms. The maximum absolute atomic E-state index is 11.8. The maximum Gasteiger partial charge on any atom is 0.337 e. The monoisotopic (exact) mass is 278 g/mol. The molecule has 0 aliphatic rings. The molecule has 0 aliphatic carbocycles. The standard InChI is InChI=1S/C15H22N2O3/c1-5-11(3)16-9-14(18)17-13-8-12(15(19)20-4)7-6-10(13)2/h6-8,11,16H,5,9H2,1-4H3,(H,17,18). The molecular weight excluding hydrogens is 256 g/mol. The van der Waals surface area contributed by atoms with Gasteiger partial charge in [0.15, 0.2) is 0 Å². The molecule has 1 amide bonds. The van der Waals surface area contributed by atoms with E-state index in [2.05, 4.69) is 22.3 Å². The van der Waals surface area contributed by atoms with Crippen LogP contribution in [0.4, 0.5) is 5.69 Å². The fourth-order valence-corrected chi connectivity index (χ4v) is 1.61. The molecule has 20 heavy (non-hydrogen) atoms. The van der Waals surface area contributed by atoms with Gasteiger partial charge in [0.2, 0.25) is 5.91 Å². The lowest BCUT2D eigenvalue weighted by Gasteiger charge is -2.13. The van der Waals surface area contributed by atoms with E-state index in [-0.39, 0.29) is 12.5 Å². The van der Waals surface area contributed by atoms with E-state index in [1.165, 1.54) is 7.11 Å². The highest BCUT2D eigenvalue weighted by atomic mass is 16.5. The van der Waals surface area contributed by atoms with E-state index in [0.29, 0.717) is 17.3 Å². The number of ether oxygens (including phenoxy) is 1. The van der Waals surface area contributed by atoms with Gasteiger partial charge in [0.1, 0.15) is 0 Å². The van der Waals surface area contributed by atoms with Crippen molar-refractivity contribution in [1.29, 1.82) is 0 Å². The Bertz CT molecular complexity index is 486. The van der Waals surface area contributed by atoms with Crippen LogP contribution in [0, 0.1) is 6.92 Å². The van der Waals surface area contributed by atoms with Crippen LogP contribution in [0.1, 0.15) is 36.2 Å². The number of rotatable bonds is 6. The molecule has 0 saturated heterocycles. The third-order valence-electron chi connectivity index (χ3n) is 3.16. The van der Waals surface area contributed by atoms with Crippen LogP contribution in [0.2, 0.25) is 0 Å². The molecule has 1 unspecified atom stereocenters. The van der Waals surface area contributed by atoms with Gasteiger partial charge in [-0.3, -0.25) is 4.79 Å². The Balaban J connectivity index is 2.71. The topological polar surface area (TPSA) is 67.4 Å². The lowest BCUT2D eigenvalue weighted by atomic mass is 10.1. The maximum atomic E-state index is 11.8. The number of hydrogen-bond acceptors (Lipinski definition) is 4. The number of aryl methyl sites for hydroxylation is 1. The molecule has 1 atom stereocenters. The summed E-state index contributed by atoms with van der Waals surface area (Å²) in [7, 11) is 1.33. The van der Waals surface area contributed by atoms with Crippen LogP contribution in [0.5, 0.6) is 0 Å². The molecule has 0 saturated carbocycles. The molecule has 0 spiro atoms. The number of anilines is 1. The average molecular weight is 278 g/mol. The zero-order valence-electron chi connectivity index (χ0n) is 12.4. The largest absolute Gasteiger partial charge is 0.465 e. The zero-order chi connectivity index (χ0) is 15.1. The Morgan fingerprint density at radius 3 is 2.65 bits per heavy atom. The fraction of sp³-hybridized carbons (Fsp3) is 0.467. The smallest absolute Gasteiger partial charge is 0.337 e. The van der Waals surface area contributed by atoms with E-state index >= 15 is 0 Å². The molecule has 0 bridgehead atoms. The van der Waals surface area contributed by atoms with Gasteiger partial charge < -0.3 is 15.4 Å². The Kier molecular flexibility index (Phi) is 6.18. The summed E-state index contributed by atoms with van der Waals surface area (Å²) in [6.45, 7) is 6.20. The van der Waals surface area contributed by atoms with Crippen molar-refractivity contribution in [3.8, 4) is 0 Å². The lowest BCUT2D eigenvalue weighted by molar-refractivity contribution is -0.115. The molecule has 1 aromatic carbocycles. The molecule has 1 rings (SSSR count). The predicted molar refractivity (Wildman–Crippen MR) is 78.9 cm³/mol. The van der Waals surface area contributed by atoms with Gasteiger partial charge in [-0.1, -0.05) is 13.0 Å². The number of amides is 1. The van der Waals surface area contributed by atoms with E-state index < -0.39 is 5.97 Å². The first kappa shape index (κ1) is 16.2. The summed E-state index contributed by atoms with van der Waals surface area (Å²) >= 11 is 0. The van der Waals surface area contributed by atoms with Crippen molar-refractivity contribution < 1.29 is 14.3 Å². The average Bonchev–Trinajstić information content (AvgIpc) is 2.46. The molecule has 0 aromatic heterocycles. The van der Waals surface area contributed by atoms with Crippen molar-refractivity contribution in [2.45, 2.75) is 33.2 Å². The number of benzene rings is 1. The molecule has 0 fully saturated rings. The Labute approximate surface area is 119 Å². The summed E-state index contributed by atoms with van der Waals surface area (Å²) in [6.07, 6.45) is 0.962. The summed E-state index contributed by atoms with van der Waals surface area (Å²) in [5, 5.41) is 5.92. The van der Waals surface area contributed by atoms with Crippen LogP contribution in [0.15, 0.2) is 18.2 Å². The van der Waals surface area contributed by atoms with Crippen LogP contribution >= 0.6 is 0 Å². The van der Waals surface area contributed by atoms with Gasteiger partial charge >= 0.3 is 5.97 Å². The van der Waals surface area contributed by atoms with Gasteiger partial charge in [0.05, 0.1) is 19.2 Å². The van der Waals surface area contributed by atoms with Gasteiger partial charge in [0, 0.05) is 11.7 Å². The molecule has 0 radical (unpaired) electrons. The third-order valence-corrected chi connectivity index (χ3v) is 3.16. The molecule has 5 nitrogen and oxygen atoms in total. The van der Waals surface area contributed by atoms with Crippen molar-refractivity contribution >= 4 is 17.6 Å². The minimum atomic E-state index is -0.418. The molecular formula is C15H22N2O3. The van der Waals surface area contributed by atoms with Crippen LogP contribution in [-0.2, 0) is 9.53 Å². The van der Waals surface area contributed by atoms with Gasteiger partial charge in [-0.25, -0.2) is 4.79 Å². The number of methoxy groups -OCH3 is 1. The van der Waals surface area contributed by atoms with Crippen molar-refractivity contribution in [1.82, 2.24) is 5.32 Å². The number of nitrogens with one attached hydrogen (secondary N) is 2. The first-order valence-electron chi connectivity index (χ1n) is 6.70. The number of hydrogen-bond donors (Lipinski definition) is 2. The highest BCUT2D eigenvalue weighted by Gasteiger charge is 2.10. The summed E-state index contributed by atoms with van der Waals surface area (Å²) in [5.74, 6) is -0.548. The first-order valence-corrected chi connectivity index (χ1v) is 6.70. The minimum absolute atomic E-state index is 0.129. The van der Waals surface area contributed by atoms with Crippen LogP contribution < -0.4 is 10.6 Å². The Hall–Kier alpha value is -1.88. The van der Waals surface area contributed by atoms with Crippen molar-refractivity contribution in [2.75, 3.05) is 19.0 Å². The summed E-state index contributed by atoms with van der Waals surface area (Å²) in [4.78, 5) is 23.3. The SMILES string of the molecule is CCC(C)NCC(=O)Nc1cc(C(=O)OC)ccc1C. The van der Waals surface area contributed by atoms with E-state index in [1.54, 1.807) is 18.2 Å². The van der Waals surface area contributed by atoms with Crippen molar-refractivity contribution in [2.24, 2.45) is 0 Å². The second-order valence-electron chi connectivity index (χ2n) is 4.76. The zero-order valence-corrected chi connectivity index (χ0v) is 12.4. The third kappa shape index (κ3) is 4.66. The van der Waals surface area contributed by atoms with Gasteiger partial charge in [0.25, 0.3) is 0 Å². The highest BCUT2D eigenvalue weighted by molar-refractivity contribution is 5.96. The summed E-state index contributed by atoms with van der Waals surface area (Å²) in [6, 6.07) is 5.38. The van der Waals surface area contributed by atoms with Crippen LogP contribution in [0.25, 0.3) is 0 Å². The lowest BCUT2D eigenvalue weighted by Crippen LogP contribution is -2.34. The van der Waals surface area contributed by atoms with Gasteiger partial charge in [-0.05, 0) is 38.0 Å². The molecule has 2 N–H and O–H groups in total. The highest BCUT2D eigenvalue weighted by Crippen LogP contribution is 2.17. The van der Waals surface area contributed by atoms with Crippen molar-refractivity contribution in [3.05, 3.63) is 29.3 Å².